The van der Waals surface area contributed by atoms with Crippen LogP contribution in [0.2, 0.25) is 0 Å². The van der Waals surface area contributed by atoms with Gasteiger partial charge in [0.2, 0.25) is 0 Å². The fourth-order valence-corrected chi connectivity index (χ4v) is 3.29. The van der Waals surface area contributed by atoms with Gasteiger partial charge < -0.3 is 14.8 Å². The third-order valence-electron chi connectivity index (χ3n) is 4.70. The van der Waals surface area contributed by atoms with Gasteiger partial charge in [-0.25, -0.2) is 4.39 Å². The Morgan fingerprint density at radius 3 is 2.67 bits per heavy atom. The molecule has 0 radical (unpaired) electrons. The number of nitrogens with zero attached hydrogens (tertiary/aromatic N) is 1. The first kappa shape index (κ1) is 19.5. The first-order valence-corrected chi connectivity index (χ1v) is 9.10. The smallest absolute Gasteiger partial charge is 0.251 e. The maximum Gasteiger partial charge on any atom is 0.251 e. The highest BCUT2D eigenvalue weighted by Crippen LogP contribution is 2.22. The maximum absolute atomic E-state index is 13.3. The Kier molecular flexibility index (Phi) is 6.92. The van der Waals surface area contributed by atoms with Gasteiger partial charge in [0.15, 0.2) is 0 Å². The lowest BCUT2D eigenvalue weighted by atomic mass is 10.0. The van der Waals surface area contributed by atoms with Crippen molar-refractivity contribution in [2.75, 3.05) is 40.0 Å². The highest BCUT2D eigenvalue weighted by atomic mass is 19.1. The minimum absolute atomic E-state index is 0.0272. The second-order valence-corrected chi connectivity index (χ2v) is 6.56. The molecule has 5 nitrogen and oxygen atoms in total. The van der Waals surface area contributed by atoms with E-state index in [2.05, 4.69) is 10.2 Å². The van der Waals surface area contributed by atoms with Crippen molar-refractivity contribution in [3.05, 3.63) is 71.0 Å². The topological polar surface area (TPSA) is 50.8 Å². The quantitative estimate of drug-likeness (QED) is 0.812. The molecule has 2 aromatic carbocycles. The van der Waals surface area contributed by atoms with Crippen molar-refractivity contribution in [2.24, 2.45) is 0 Å². The highest BCUT2D eigenvalue weighted by molar-refractivity contribution is 5.94. The van der Waals surface area contributed by atoms with E-state index >= 15 is 0 Å². The molecular weight excluding hydrogens is 347 g/mol. The molecule has 1 aliphatic rings. The zero-order chi connectivity index (χ0) is 19.1. The third-order valence-corrected chi connectivity index (χ3v) is 4.70. The lowest BCUT2D eigenvalue weighted by Crippen LogP contribution is -2.43. The number of carbonyl (C=O) groups excluding carboxylic acids is 1. The van der Waals surface area contributed by atoms with E-state index in [1.54, 1.807) is 25.3 Å². The van der Waals surface area contributed by atoms with E-state index in [4.69, 9.17) is 9.47 Å². The van der Waals surface area contributed by atoms with E-state index in [0.29, 0.717) is 31.9 Å². The molecule has 1 N–H and O–H groups in total. The number of rotatable bonds is 7. The lowest BCUT2D eigenvalue weighted by Gasteiger charge is -2.35. The second kappa shape index (κ2) is 9.60. The predicted octanol–water partition coefficient (Wildman–Crippen LogP) is 2.78. The van der Waals surface area contributed by atoms with Gasteiger partial charge in [0.25, 0.3) is 5.91 Å². The Bertz CT molecular complexity index is 745. The predicted molar refractivity (Wildman–Crippen MR) is 101 cm³/mol. The molecule has 6 heteroatoms. The van der Waals surface area contributed by atoms with Crippen LogP contribution < -0.4 is 5.32 Å². The minimum atomic E-state index is -0.265. The summed E-state index contributed by atoms with van der Waals surface area (Å²) in [6.07, 6.45) is 0. The molecule has 1 heterocycles. The first-order valence-electron chi connectivity index (χ1n) is 9.10. The number of nitrogens with one attached hydrogen (secondary N) is 1. The van der Waals surface area contributed by atoms with E-state index in [1.165, 1.54) is 12.1 Å². The molecule has 1 fully saturated rings. The molecule has 3 rings (SSSR count). The van der Waals surface area contributed by atoms with Crippen LogP contribution >= 0.6 is 0 Å². The van der Waals surface area contributed by atoms with Crippen LogP contribution in [-0.4, -0.2) is 50.8 Å². The van der Waals surface area contributed by atoms with Crippen molar-refractivity contribution < 1.29 is 18.7 Å². The summed E-state index contributed by atoms with van der Waals surface area (Å²) >= 11 is 0. The summed E-state index contributed by atoms with van der Waals surface area (Å²) in [5.41, 5.74) is 2.53. The molecule has 0 spiro atoms. The van der Waals surface area contributed by atoms with E-state index in [9.17, 15) is 9.18 Å². The molecule has 1 aliphatic heterocycles. The Balaban J connectivity index is 1.71. The second-order valence-electron chi connectivity index (χ2n) is 6.56. The summed E-state index contributed by atoms with van der Waals surface area (Å²) in [5, 5.41) is 3.02. The van der Waals surface area contributed by atoms with E-state index in [-0.39, 0.29) is 17.8 Å². The maximum atomic E-state index is 13.3. The summed E-state index contributed by atoms with van der Waals surface area (Å²) < 4.78 is 23.9. The van der Waals surface area contributed by atoms with Gasteiger partial charge in [-0.05, 0) is 35.4 Å². The standard InChI is InChI=1S/C21H25FN2O3/c1-26-15-16-3-2-4-18(13-16)21(25)23-14-20(24-9-11-27-12-10-24)17-5-7-19(22)8-6-17/h2-8,13,20H,9-12,14-15H2,1H3,(H,23,25). The fraction of sp³-hybridized carbons (Fsp3) is 0.381. The fourth-order valence-electron chi connectivity index (χ4n) is 3.29. The van der Waals surface area contributed by atoms with E-state index in [1.807, 2.05) is 18.2 Å². The molecule has 0 bridgehead atoms. The molecule has 1 saturated heterocycles. The van der Waals surface area contributed by atoms with Gasteiger partial charge >= 0.3 is 0 Å². The number of ether oxygens (including phenoxy) is 2. The Labute approximate surface area is 159 Å². The molecule has 1 atom stereocenters. The van der Waals surface area contributed by atoms with E-state index < -0.39 is 0 Å². The van der Waals surface area contributed by atoms with Gasteiger partial charge in [0, 0.05) is 32.3 Å². The number of hydrogen-bond donors (Lipinski definition) is 1. The molecule has 1 unspecified atom stereocenters. The van der Waals surface area contributed by atoms with Crippen molar-refractivity contribution in [3.63, 3.8) is 0 Å². The zero-order valence-electron chi connectivity index (χ0n) is 15.5. The number of hydrogen-bond acceptors (Lipinski definition) is 4. The van der Waals surface area contributed by atoms with Gasteiger partial charge in [-0.1, -0.05) is 24.3 Å². The molecule has 144 valence electrons. The molecule has 0 aliphatic carbocycles. The Hall–Kier alpha value is -2.28. The summed E-state index contributed by atoms with van der Waals surface area (Å²) in [6, 6.07) is 13.8. The van der Waals surface area contributed by atoms with Crippen molar-refractivity contribution in [1.82, 2.24) is 10.2 Å². The van der Waals surface area contributed by atoms with Crippen molar-refractivity contribution in [1.29, 1.82) is 0 Å². The summed E-state index contributed by atoms with van der Waals surface area (Å²) in [4.78, 5) is 14.9. The number of methoxy groups -OCH3 is 1. The van der Waals surface area contributed by atoms with Crippen LogP contribution in [0.5, 0.6) is 0 Å². The number of halogens is 1. The van der Waals surface area contributed by atoms with Crippen LogP contribution in [0, 0.1) is 5.82 Å². The van der Waals surface area contributed by atoms with Crippen LogP contribution in [0.4, 0.5) is 4.39 Å². The average molecular weight is 372 g/mol. The van der Waals surface area contributed by atoms with Gasteiger partial charge in [0.05, 0.1) is 25.9 Å². The van der Waals surface area contributed by atoms with Gasteiger partial charge in [-0.3, -0.25) is 9.69 Å². The van der Waals surface area contributed by atoms with Gasteiger partial charge in [0.1, 0.15) is 5.82 Å². The average Bonchev–Trinajstić information content (AvgIpc) is 2.70. The first-order chi connectivity index (χ1) is 13.2. The lowest BCUT2D eigenvalue weighted by molar-refractivity contribution is 0.0162. The number of morpholine rings is 1. The van der Waals surface area contributed by atoms with Crippen molar-refractivity contribution in [2.45, 2.75) is 12.6 Å². The van der Waals surface area contributed by atoms with Gasteiger partial charge in [-0.2, -0.15) is 0 Å². The van der Waals surface area contributed by atoms with Crippen LogP contribution in [0.25, 0.3) is 0 Å². The molecule has 2 aromatic rings. The monoisotopic (exact) mass is 372 g/mol. The number of amides is 1. The van der Waals surface area contributed by atoms with Crippen LogP contribution in [0.1, 0.15) is 27.5 Å². The van der Waals surface area contributed by atoms with Crippen molar-refractivity contribution in [3.8, 4) is 0 Å². The van der Waals surface area contributed by atoms with Gasteiger partial charge in [-0.15, -0.1) is 0 Å². The normalized spacial score (nSPS) is 16.1. The van der Waals surface area contributed by atoms with Crippen molar-refractivity contribution >= 4 is 5.91 Å². The largest absolute Gasteiger partial charge is 0.380 e. The summed E-state index contributed by atoms with van der Waals surface area (Å²) in [6.45, 7) is 3.78. The van der Waals surface area contributed by atoms with E-state index in [0.717, 1.165) is 24.2 Å². The van der Waals surface area contributed by atoms with Crippen LogP contribution in [0.15, 0.2) is 48.5 Å². The SMILES string of the molecule is COCc1cccc(C(=O)NCC(c2ccc(F)cc2)N2CCOCC2)c1. The molecular formula is C21H25FN2O3. The Morgan fingerprint density at radius 1 is 1.22 bits per heavy atom. The van der Waals surface area contributed by atoms with Crippen LogP contribution in [0.3, 0.4) is 0 Å². The zero-order valence-corrected chi connectivity index (χ0v) is 15.5. The molecule has 0 aromatic heterocycles. The molecule has 27 heavy (non-hydrogen) atoms. The van der Waals surface area contributed by atoms with Crippen LogP contribution in [-0.2, 0) is 16.1 Å². The summed E-state index contributed by atoms with van der Waals surface area (Å²) in [5.74, 6) is -0.396. The Morgan fingerprint density at radius 2 is 1.96 bits per heavy atom. The highest BCUT2D eigenvalue weighted by Gasteiger charge is 2.23. The minimum Gasteiger partial charge on any atom is -0.380 e. The number of carbonyl (C=O) groups is 1. The number of benzene rings is 2. The third kappa shape index (κ3) is 5.35. The molecule has 0 saturated carbocycles. The summed E-state index contributed by atoms with van der Waals surface area (Å²) in [7, 11) is 1.63. The molecule has 1 amide bonds.